The highest BCUT2D eigenvalue weighted by atomic mass is 19.1. The van der Waals surface area contributed by atoms with Gasteiger partial charge in [-0.15, -0.1) is 0 Å². The van der Waals surface area contributed by atoms with Gasteiger partial charge in [0.1, 0.15) is 5.82 Å². The van der Waals surface area contributed by atoms with Gasteiger partial charge in [-0.05, 0) is 55.8 Å². The van der Waals surface area contributed by atoms with Gasteiger partial charge in [-0.3, -0.25) is 9.47 Å². The van der Waals surface area contributed by atoms with Gasteiger partial charge in [0.2, 0.25) is 0 Å². The lowest BCUT2D eigenvalue weighted by Crippen LogP contribution is -2.46. The Bertz CT molecular complexity index is 955. The summed E-state index contributed by atoms with van der Waals surface area (Å²) in [5.74, 6) is -0.183. The number of hydrogen-bond acceptors (Lipinski definition) is 3. The molecule has 0 spiro atoms. The average Bonchev–Trinajstić information content (AvgIpc) is 3.04. The van der Waals surface area contributed by atoms with E-state index in [4.69, 9.17) is 0 Å². The van der Waals surface area contributed by atoms with Crippen molar-refractivity contribution in [2.75, 3.05) is 37.6 Å². The minimum absolute atomic E-state index is 0.0156. The van der Waals surface area contributed by atoms with Crippen LogP contribution in [0.5, 0.6) is 0 Å². The van der Waals surface area contributed by atoms with Gasteiger partial charge in [-0.2, -0.15) is 0 Å². The second-order valence-electron chi connectivity index (χ2n) is 7.46. The third-order valence-electron chi connectivity index (χ3n) is 5.60. The Morgan fingerprint density at radius 3 is 2.36 bits per heavy atom. The van der Waals surface area contributed by atoms with Crippen LogP contribution in [0.2, 0.25) is 0 Å². The summed E-state index contributed by atoms with van der Waals surface area (Å²) in [6, 6.07) is 14.6. The number of piperazine rings is 1. The molecule has 1 aliphatic rings. The van der Waals surface area contributed by atoms with E-state index in [0.717, 1.165) is 75.3 Å². The van der Waals surface area contributed by atoms with Crippen LogP contribution < -0.4 is 10.6 Å². The summed E-state index contributed by atoms with van der Waals surface area (Å²) in [4.78, 5) is 19.8. The highest BCUT2D eigenvalue weighted by Crippen LogP contribution is 2.17. The molecule has 1 aromatic heterocycles. The molecule has 6 heteroatoms. The highest BCUT2D eigenvalue weighted by molar-refractivity contribution is 5.74. The first-order valence-corrected chi connectivity index (χ1v) is 10.1. The minimum atomic E-state index is -0.183. The van der Waals surface area contributed by atoms with Crippen molar-refractivity contribution in [1.82, 2.24) is 14.5 Å². The summed E-state index contributed by atoms with van der Waals surface area (Å²) in [7, 11) is 0. The predicted octanol–water partition coefficient (Wildman–Crippen LogP) is 3.46. The Labute approximate surface area is 164 Å². The summed E-state index contributed by atoms with van der Waals surface area (Å²) in [5, 5.41) is 0. The van der Waals surface area contributed by atoms with E-state index in [2.05, 4.69) is 14.8 Å². The molecule has 1 saturated heterocycles. The van der Waals surface area contributed by atoms with Crippen molar-refractivity contribution in [3.05, 3.63) is 64.8 Å². The molecule has 2 heterocycles. The SMILES string of the molecule is O=c1[nH]c2ccccc2n1CCCCCN1CCN(c2ccc(F)cc2)CC1. The van der Waals surface area contributed by atoms with Crippen LogP contribution in [-0.2, 0) is 6.54 Å². The summed E-state index contributed by atoms with van der Waals surface area (Å²) in [6.07, 6.45) is 3.27. The number of para-hydroxylation sites is 2. The number of H-pyrrole nitrogens is 1. The van der Waals surface area contributed by atoms with E-state index in [0.29, 0.717) is 0 Å². The fourth-order valence-electron chi connectivity index (χ4n) is 3.99. The van der Waals surface area contributed by atoms with Crippen LogP contribution in [0.3, 0.4) is 0 Å². The predicted molar refractivity (Wildman–Crippen MR) is 111 cm³/mol. The number of aromatic amines is 1. The first kappa shape index (κ1) is 18.7. The molecule has 0 unspecified atom stereocenters. The van der Waals surface area contributed by atoms with Crippen molar-refractivity contribution < 1.29 is 4.39 Å². The highest BCUT2D eigenvalue weighted by Gasteiger charge is 2.16. The Hall–Kier alpha value is -2.60. The number of fused-ring (bicyclic) bond motifs is 1. The summed E-state index contributed by atoms with van der Waals surface area (Å²) in [6.45, 7) is 5.91. The van der Waals surface area contributed by atoms with Crippen LogP contribution >= 0.6 is 0 Å². The molecule has 0 aliphatic carbocycles. The van der Waals surface area contributed by atoms with E-state index in [1.165, 1.54) is 12.1 Å². The number of nitrogens with one attached hydrogen (secondary N) is 1. The maximum atomic E-state index is 13.1. The van der Waals surface area contributed by atoms with E-state index < -0.39 is 0 Å². The molecular formula is C22H27FN4O. The van der Waals surface area contributed by atoms with Crippen molar-refractivity contribution in [2.24, 2.45) is 0 Å². The molecule has 148 valence electrons. The second-order valence-corrected chi connectivity index (χ2v) is 7.46. The van der Waals surface area contributed by atoms with Crippen LogP contribution in [0, 0.1) is 5.82 Å². The van der Waals surface area contributed by atoms with E-state index >= 15 is 0 Å². The number of hydrogen-bond donors (Lipinski definition) is 1. The fraction of sp³-hybridized carbons (Fsp3) is 0.409. The van der Waals surface area contributed by atoms with Gasteiger partial charge in [0, 0.05) is 38.4 Å². The molecule has 5 nitrogen and oxygen atoms in total. The van der Waals surface area contributed by atoms with Gasteiger partial charge in [-0.1, -0.05) is 18.6 Å². The molecule has 0 atom stereocenters. The second kappa shape index (κ2) is 8.61. The fourth-order valence-corrected chi connectivity index (χ4v) is 3.99. The van der Waals surface area contributed by atoms with E-state index in [1.807, 2.05) is 41.0 Å². The minimum Gasteiger partial charge on any atom is -0.369 e. The van der Waals surface area contributed by atoms with Crippen LogP contribution in [0.1, 0.15) is 19.3 Å². The van der Waals surface area contributed by atoms with E-state index in [1.54, 1.807) is 0 Å². The van der Waals surface area contributed by atoms with E-state index in [-0.39, 0.29) is 11.5 Å². The zero-order chi connectivity index (χ0) is 19.3. The van der Waals surface area contributed by atoms with Gasteiger partial charge in [-0.25, -0.2) is 9.18 Å². The van der Waals surface area contributed by atoms with Crippen LogP contribution in [-0.4, -0.2) is 47.2 Å². The number of benzene rings is 2. The zero-order valence-electron chi connectivity index (χ0n) is 16.1. The third-order valence-corrected chi connectivity index (χ3v) is 5.60. The molecule has 0 radical (unpaired) electrons. The van der Waals surface area contributed by atoms with Crippen molar-refractivity contribution in [2.45, 2.75) is 25.8 Å². The monoisotopic (exact) mass is 382 g/mol. The van der Waals surface area contributed by atoms with Crippen LogP contribution in [0.15, 0.2) is 53.3 Å². The number of imidazole rings is 1. The molecule has 0 bridgehead atoms. The maximum absolute atomic E-state index is 13.1. The summed E-state index contributed by atoms with van der Waals surface area (Å²) in [5.41, 5.74) is 2.99. The number of rotatable bonds is 7. The lowest BCUT2D eigenvalue weighted by molar-refractivity contribution is 0.251. The number of nitrogens with zero attached hydrogens (tertiary/aromatic N) is 3. The van der Waals surface area contributed by atoms with Gasteiger partial charge < -0.3 is 9.88 Å². The summed E-state index contributed by atoms with van der Waals surface area (Å²) >= 11 is 0. The topological polar surface area (TPSA) is 44.3 Å². The van der Waals surface area contributed by atoms with Gasteiger partial charge in [0.25, 0.3) is 0 Å². The van der Waals surface area contributed by atoms with Crippen LogP contribution in [0.4, 0.5) is 10.1 Å². The molecule has 1 fully saturated rings. The average molecular weight is 382 g/mol. The number of anilines is 1. The number of halogens is 1. The quantitative estimate of drug-likeness (QED) is 0.637. The number of aromatic nitrogens is 2. The zero-order valence-corrected chi connectivity index (χ0v) is 16.1. The van der Waals surface area contributed by atoms with Gasteiger partial charge in [0.15, 0.2) is 0 Å². The van der Waals surface area contributed by atoms with E-state index in [9.17, 15) is 9.18 Å². The standard InChI is InChI=1S/C22H27FN4O/c23-18-8-10-19(11-9-18)26-16-14-25(15-17-26)12-4-1-5-13-27-21-7-3-2-6-20(21)24-22(27)28/h2-3,6-11H,1,4-5,12-17H2,(H,24,28). The lowest BCUT2D eigenvalue weighted by Gasteiger charge is -2.36. The molecule has 28 heavy (non-hydrogen) atoms. The largest absolute Gasteiger partial charge is 0.369 e. The smallest absolute Gasteiger partial charge is 0.326 e. The first-order valence-electron chi connectivity index (χ1n) is 10.1. The van der Waals surface area contributed by atoms with Crippen molar-refractivity contribution in [3.8, 4) is 0 Å². The molecule has 0 amide bonds. The first-order chi connectivity index (χ1) is 13.7. The Morgan fingerprint density at radius 1 is 0.857 bits per heavy atom. The molecule has 2 aromatic carbocycles. The molecule has 1 N–H and O–H groups in total. The lowest BCUT2D eigenvalue weighted by atomic mass is 10.2. The Kier molecular flexibility index (Phi) is 5.76. The van der Waals surface area contributed by atoms with Crippen molar-refractivity contribution >= 4 is 16.7 Å². The molecule has 0 saturated carbocycles. The number of unbranched alkanes of at least 4 members (excludes halogenated alkanes) is 2. The van der Waals surface area contributed by atoms with Crippen molar-refractivity contribution in [1.29, 1.82) is 0 Å². The Morgan fingerprint density at radius 2 is 1.57 bits per heavy atom. The maximum Gasteiger partial charge on any atom is 0.326 e. The van der Waals surface area contributed by atoms with Gasteiger partial charge >= 0.3 is 5.69 Å². The van der Waals surface area contributed by atoms with Crippen molar-refractivity contribution in [3.63, 3.8) is 0 Å². The Balaban J connectivity index is 1.18. The molecular weight excluding hydrogens is 355 g/mol. The normalized spacial score (nSPS) is 15.4. The third kappa shape index (κ3) is 4.28. The van der Waals surface area contributed by atoms with Crippen LogP contribution in [0.25, 0.3) is 11.0 Å². The molecule has 4 rings (SSSR count). The number of aryl methyl sites for hydroxylation is 1. The molecule has 1 aliphatic heterocycles. The van der Waals surface area contributed by atoms with Gasteiger partial charge in [0.05, 0.1) is 11.0 Å². The molecule has 3 aromatic rings. The summed E-state index contributed by atoms with van der Waals surface area (Å²) < 4.78 is 14.9.